The Morgan fingerprint density at radius 1 is 1.12 bits per heavy atom. The quantitative estimate of drug-likeness (QED) is 0.326. The van der Waals surface area contributed by atoms with E-state index in [1.807, 2.05) is 0 Å². The van der Waals surface area contributed by atoms with Gasteiger partial charge in [-0.25, -0.2) is 4.31 Å². The van der Waals surface area contributed by atoms with E-state index in [9.17, 15) is 0 Å². The number of nitrogens with zero attached hydrogens (tertiary/aromatic N) is 1. The summed E-state index contributed by atoms with van der Waals surface area (Å²) in [6.45, 7) is 11.9. The van der Waals surface area contributed by atoms with Gasteiger partial charge in [-0.05, 0) is 61.5 Å². The predicted molar refractivity (Wildman–Crippen MR) is 123 cm³/mol. The first kappa shape index (κ1) is 21.8. The molecule has 0 aromatic rings. The summed E-state index contributed by atoms with van der Waals surface area (Å²) in [7, 11) is 3.40. The Hall–Kier alpha value is 1.48. The van der Waals surface area contributed by atoms with Gasteiger partial charge in [-0.2, -0.15) is 0 Å². The monoisotopic (exact) mass is 596 g/mol. The summed E-state index contributed by atoms with van der Waals surface area (Å²) in [6, 6.07) is 0.489. The van der Waals surface area contributed by atoms with Crippen LogP contribution in [0, 0.1) is 0 Å². The van der Waals surface area contributed by atoms with E-state index in [1.54, 1.807) is 18.2 Å². The fourth-order valence-electron chi connectivity index (χ4n) is 2.99. The van der Waals surface area contributed by atoms with E-state index in [0.29, 0.717) is 18.2 Å². The molecular weight excluding hydrogens is 570 g/mol. The smallest absolute Gasteiger partial charge is 0.0712 e. The van der Waals surface area contributed by atoms with Gasteiger partial charge in [0.05, 0.1) is 12.2 Å². The van der Waals surface area contributed by atoms with E-state index in [-0.39, 0.29) is 0 Å². The second-order valence-corrected chi connectivity index (χ2v) is 9.77. The van der Waals surface area contributed by atoms with Crippen molar-refractivity contribution >= 4 is 60.6 Å². The van der Waals surface area contributed by atoms with Crippen LogP contribution in [0.25, 0.3) is 0 Å². The van der Waals surface area contributed by atoms with Gasteiger partial charge in [-0.1, -0.05) is 13.2 Å². The number of halogens is 2. The van der Waals surface area contributed by atoms with E-state index in [4.69, 9.17) is 9.47 Å². The Bertz CT molecular complexity index is 417. The molecule has 2 aliphatic heterocycles. The van der Waals surface area contributed by atoms with Gasteiger partial charge < -0.3 is 9.47 Å². The highest BCUT2D eigenvalue weighted by Crippen LogP contribution is 2.39. The molecule has 3 atom stereocenters. The molecule has 1 saturated carbocycles. The minimum atomic E-state index is 0.425. The van der Waals surface area contributed by atoms with Gasteiger partial charge >= 0.3 is 0 Å². The molecule has 0 bridgehead atoms. The molecule has 0 aromatic heterocycles. The van der Waals surface area contributed by atoms with Crippen LogP contribution in [0.4, 0.5) is 0 Å². The summed E-state index contributed by atoms with van der Waals surface area (Å²) < 4.78 is 16.6. The average molecular weight is 596 g/mol. The molecule has 0 amide bonds. The van der Waals surface area contributed by atoms with Crippen LogP contribution in [0.5, 0.6) is 0 Å². The molecule has 3 unspecified atom stereocenters. The van der Waals surface area contributed by atoms with Crippen LogP contribution < -0.4 is 4.72 Å². The molecule has 138 valence electrons. The highest BCUT2D eigenvalue weighted by Gasteiger charge is 2.34. The fraction of sp³-hybridized carbons (Fsp3) is 0.750. The second kappa shape index (κ2) is 12.0. The van der Waals surface area contributed by atoms with Crippen molar-refractivity contribution in [2.45, 2.75) is 50.4 Å². The van der Waals surface area contributed by atoms with Crippen molar-refractivity contribution in [1.82, 2.24) is 9.03 Å². The molecule has 3 aliphatic rings. The van der Waals surface area contributed by atoms with E-state index < -0.39 is 0 Å². The summed E-state index contributed by atoms with van der Waals surface area (Å²) in [5, 5.41) is 0. The molecule has 1 N–H and O–H groups in total. The predicted octanol–water partition coefficient (Wildman–Crippen LogP) is 5.10. The zero-order chi connectivity index (χ0) is 17.4. The third kappa shape index (κ3) is 6.90. The summed E-state index contributed by atoms with van der Waals surface area (Å²) in [4.78, 5) is 0. The molecule has 3 rings (SSSR count). The number of hydrogen-bond donors (Lipinski definition) is 1. The zero-order valence-electron chi connectivity index (χ0n) is 13.8. The Kier molecular flexibility index (Phi) is 10.9. The molecule has 2 heterocycles. The van der Waals surface area contributed by atoms with Crippen LogP contribution in [-0.2, 0) is 9.47 Å². The highest BCUT2D eigenvalue weighted by molar-refractivity contribution is 14.2. The maximum absolute atomic E-state index is 5.66. The topological polar surface area (TPSA) is 33.7 Å². The van der Waals surface area contributed by atoms with E-state index in [2.05, 4.69) is 64.6 Å². The zero-order valence-corrected chi connectivity index (χ0v) is 19.8. The molecule has 3 fully saturated rings. The Morgan fingerprint density at radius 2 is 1.79 bits per heavy atom. The fourth-order valence-corrected chi connectivity index (χ4v) is 5.60. The minimum absolute atomic E-state index is 0.425. The van der Waals surface area contributed by atoms with Crippen molar-refractivity contribution in [3.8, 4) is 0 Å². The summed E-state index contributed by atoms with van der Waals surface area (Å²) in [5.41, 5.74) is 2.42. The molecule has 8 heteroatoms. The van der Waals surface area contributed by atoms with Gasteiger partial charge in [0.1, 0.15) is 0 Å². The Morgan fingerprint density at radius 3 is 2.25 bits per heavy atom. The summed E-state index contributed by atoms with van der Waals surface area (Å²) in [5.74, 6) is 0. The lowest BCUT2D eigenvalue weighted by molar-refractivity contribution is 0.0900. The van der Waals surface area contributed by atoms with Crippen molar-refractivity contribution in [1.29, 1.82) is 0 Å². The Balaban J connectivity index is 0.000000198. The van der Waals surface area contributed by atoms with Crippen LogP contribution in [0.1, 0.15) is 32.1 Å². The third-order valence-electron chi connectivity index (χ3n) is 4.53. The van der Waals surface area contributed by atoms with Crippen molar-refractivity contribution in [3.05, 3.63) is 24.3 Å². The van der Waals surface area contributed by atoms with Gasteiger partial charge in [0, 0.05) is 74.8 Å². The molecule has 4 nitrogen and oxygen atoms in total. The maximum Gasteiger partial charge on any atom is 0.0712 e. The standard InChI is InChI=1S/C11H16INOS.C5H10INOS/c1-8-6-11(9(8)2)13(15-12)7-10-4-3-5-14-10;6-9-7-4-5-2-1-3-8-5/h10-11H,1-7H2;5,7H,1-4H2. The normalized spacial score (nSPS) is 29.5. The van der Waals surface area contributed by atoms with Gasteiger partial charge in [0.15, 0.2) is 0 Å². The van der Waals surface area contributed by atoms with Gasteiger partial charge in [0.25, 0.3) is 0 Å². The highest BCUT2D eigenvalue weighted by atomic mass is 127. The second-order valence-electron chi connectivity index (χ2n) is 6.21. The third-order valence-corrected chi connectivity index (χ3v) is 7.84. The van der Waals surface area contributed by atoms with Crippen molar-refractivity contribution in [2.24, 2.45) is 0 Å². The van der Waals surface area contributed by atoms with Crippen molar-refractivity contribution < 1.29 is 9.47 Å². The average Bonchev–Trinajstić information content (AvgIpc) is 3.30. The van der Waals surface area contributed by atoms with Crippen LogP contribution in [0.3, 0.4) is 0 Å². The van der Waals surface area contributed by atoms with Crippen molar-refractivity contribution in [2.75, 3.05) is 26.3 Å². The number of nitrogens with one attached hydrogen (secondary N) is 1. The van der Waals surface area contributed by atoms with Crippen LogP contribution in [-0.4, -0.2) is 48.9 Å². The first-order valence-corrected chi connectivity index (χ1v) is 15.0. The minimum Gasteiger partial charge on any atom is -0.377 e. The largest absolute Gasteiger partial charge is 0.377 e. The summed E-state index contributed by atoms with van der Waals surface area (Å²) >= 11 is 4.57. The van der Waals surface area contributed by atoms with E-state index in [0.717, 1.165) is 32.7 Å². The van der Waals surface area contributed by atoms with Crippen LogP contribution in [0.15, 0.2) is 24.3 Å². The molecular formula is C16H26I2N2O2S2. The summed E-state index contributed by atoms with van der Waals surface area (Å²) in [6.07, 6.45) is 6.85. The lowest BCUT2D eigenvalue weighted by atomic mass is 9.82. The van der Waals surface area contributed by atoms with Gasteiger partial charge in [-0.3, -0.25) is 4.72 Å². The molecule has 1 aliphatic carbocycles. The molecule has 0 aromatic carbocycles. The molecule has 2 saturated heterocycles. The molecule has 24 heavy (non-hydrogen) atoms. The van der Waals surface area contributed by atoms with Crippen LogP contribution >= 0.6 is 60.6 Å². The van der Waals surface area contributed by atoms with E-state index in [1.165, 1.54) is 36.8 Å². The molecule has 0 spiro atoms. The maximum atomic E-state index is 5.66. The number of hydrogen-bond acceptors (Lipinski definition) is 6. The van der Waals surface area contributed by atoms with Crippen LogP contribution in [0.2, 0.25) is 0 Å². The first-order chi connectivity index (χ1) is 11.7. The Labute approximate surface area is 178 Å². The SMILES string of the molecule is C=C1CC(N(CC2CCCO2)SI)C1=C.ISNCC1CCCO1. The van der Waals surface area contributed by atoms with Gasteiger partial charge in [0.2, 0.25) is 0 Å². The lowest BCUT2D eigenvalue weighted by Gasteiger charge is -2.39. The lowest BCUT2D eigenvalue weighted by Crippen LogP contribution is -2.41. The van der Waals surface area contributed by atoms with Crippen molar-refractivity contribution in [3.63, 3.8) is 0 Å². The van der Waals surface area contributed by atoms with Gasteiger partial charge in [-0.15, -0.1) is 0 Å². The number of ether oxygens (including phenoxy) is 2. The van der Waals surface area contributed by atoms with E-state index >= 15 is 0 Å². The first-order valence-electron chi connectivity index (χ1n) is 8.31. The number of rotatable bonds is 7. The molecule has 0 radical (unpaired) electrons.